The number of nitrogens with one attached hydrogen (secondary N) is 1. The second-order valence-corrected chi connectivity index (χ2v) is 9.49. The summed E-state index contributed by atoms with van der Waals surface area (Å²) in [7, 11) is -3.54. The summed E-state index contributed by atoms with van der Waals surface area (Å²) in [4.78, 5) is 14.4. The molecule has 3 rings (SSSR count). The van der Waals surface area contributed by atoms with Crippen molar-refractivity contribution >= 4 is 22.0 Å². The zero-order valence-corrected chi connectivity index (χ0v) is 16.9. The number of rotatable bonds is 6. The molecule has 148 valence electrons. The van der Waals surface area contributed by atoms with Gasteiger partial charge in [-0.2, -0.15) is 0 Å². The summed E-state index contributed by atoms with van der Waals surface area (Å²) >= 11 is 0. The van der Waals surface area contributed by atoms with Crippen LogP contribution >= 0.6 is 0 Å². The van der Waals surface area contributed by atoms with Crippen LogP contribution in [0.15, 0.2) is 29.7 Å². The van der Waals surface area contributed by atoms with Crippen LogP contribution in [0.1, 0.15) is 49.7 Å². The van der Waals surface area contributed by atoms with Gasteiger partial charge in [0, 0.05) is 31.5 Å². The molecule has 1 aliphatic carbocycles. The van der Waals surface area contributed by atoms with E-state index in [1.165, 1.54) is 25.7 Å². The summed E-state index contributed by atoms with van der Waals surface area (Å²) < 4.78 is 26.7. The number of fused-ring (bicyclic) bond motifs is 1. The highest BCUT2D eigenvalue weighted by Gasteiger charge is 2.32. The highest BCUT2D eigenvalue weighted by Crippen LogP contribution is 2.36. The zero-order chi connectivity index (χ0) is 19.3. The van der Waals surface area contributed by atoms with Crippen molar-refractivity contribution in [2.75, 3.05) is 19.6 Å². The molecule has 1 aromatic carbocycles. The van der Waals surface area contributed by atoms with Crippen LogP contribution in [-0.2, 0) is 14.8 Å². The van der Waals surface area contributed by atoms with Crippen molar-refractivity contribution in [3.05, 3.63) is 40.8 Å². The van der Waals surface area contributed by atoms with Gasteiger partial charge in [0.15, 0.2) is 0 Å². The number of hydrogen-bond acceptors (Lipinski definition) is 3. The summed E-state index contributed by atoms with van der Waals surface area (Å²) in [5.41, 5.74) is 1.96. The van der Waals surface area contributed by atoms with E-state index in [1.54, 1.807) is 6.08 Å². The molecule has 0 bridgehead atoms. The number of likely N-dealkylation sites (tertiary alicyclic amines) is 1. The number of piperidine rings is 1. The highest BCUT2D eigenvalue weighted by atomic mass is 32.2. The quantitative estimate of drug-likeness (QED) is 0.810. The third kappa shape index (κ3) is 5.91. The predicted octanol–water partition coefficient (Wildman–Crippen LogP) is 3.31. The van der Waals surface area contributed by atoms with Crippen molar-refractivity contribution in [1.29, 1.82) is 0 Å². The first-order chi connectivity index (χ1) is 12.9. The first-order valence-corrected chi connectivity index (χ1v) is 11.5. The maximum Gasteiger partial charge on any atom is 0.233 e. The molecule has 2 atom stereocenters. The van der Waals surface area contributed by atoms with E-state index in [2.05, 4.69) is 4.72 Å². The van der Waals surface area contributed by atoms with Crippen LogP contribution in [-0.4, -0.2) is 38.9 Å². The smallest absolute Gasteiger partial charge is 0.233 e. The van der Waals surface area contributed by atoms with Crippen LogP contribution in [0.25, 0.3) is 6.08 Å². The Kier molecular flexibility index (Phi) is 6.71. The van der Waals surface area contributed by atoms with Crippen LogP contribution in [0.5, 0.6) is 0 Å². The maximum atomic E-state index is 12.4. The molecule has 6 heteroatoms. The average Bonchev–Trinajstić information content (AvgIpc) is 2.67. The van der Waals surface area contributed by atoms with E-state index in [1.807, 2.05) is 36.1 Å². The number of hydrogen-bond donors (Lipinski definition) is 1. The third-order valence-electron chi connectivity index (χ3n) is 5.80. The molecule has 0 aromatic heterocycles. The normalized spacial score (nSPS) is 23.4. The molecule has 0 radical (unpaired) electrons. The Morgan fingerprint density at radius 1 is 1.15 bits per heavy atom. The molecule has 1 aromatic rings. The molecule has 2 fully saturated rings. The van der Waals surface area contributed by atoms with Gasteiger partial charge in [-0.05, 0) is 43.2 Å². The van der Waals surface area contributed by atoms with Crippen molar-refractivity contribution in [2.45, 2.75) is 45.4 Å². The van der Waals surface area contributed by atoms with Gasteiger partial charge in [0.25, 0.3) is 0 Å². The third-order valence-corrected chi connectivity index (χ3v) is 6.90. The lowest BCUT2D eigenvalue weighted by atomic mass is 9.75. The fourth-order valence-corrected chi connectivity index (χ4v) is 5.00. The molecule has 1 aliphatic heterocycles. The minimum Gasteiger partial charge on any atom is -0.342 e. The Morgan fingerprint density at radius 3 is 2.59 bits per heavy atom. The Bertz CT molecular complexity index is 771. The van der Waals surface area contributed by atoms with Gasteiger partial charge in [0.2, 0.25) is 15.9 Å². The van der Waals surface area contributed by atoms with E-state index in [9.17, 15) is 13.2 Å². The molecule has 1 heterocycles. The standard InChI is InChI=1S/C21H30N2O3S/c1-17-6-8-18(9-7-17)12-15-27(25,26)22-13-10-21(24)23-14-11-19-4-2-3-5-20(19)16-23/h6-9,12,15,19-20,22H,2-5,10-11,13-14,16H2,1H3/b15-12+/t19-,20+/m1/s1. The second kappa shape index (κ2) is 9.02. The Labute approximate surface area is 162 Å². The second-order valence-electron chi connectivity index (χ2n) is 7.84. The first-order valence-electron chi connectivity index (χ1n) is 9.95. The van der Waals surface area contributed by atoms with Gasteiger partial charge in [-0.3, -0.25) is 4.79 Å². The number of amides is 1. The molecule has 27 heavy (non-hydrogen) atoms. The fraction of sp³-hybridized carbons (Fsp3) is 0.571. The van der Waals surface area contributed by atoms with Gasteiger partial charge in [0.1, 0.15) is 0 Å². The minimum absolute atomic E-state index is 0.0595. The van der Waals surface area contributed by atoms with E-state index in [0.29, 0.717) is 5.92 Å². The number of carbonyl (C=O) groups excluding carboxylic acids is 1. The topological polar surface area (TPSA) is 66.5 Å². The monoisotopic (exact) mass is 390 g/mol. The van der Waals surface area contributed by atoms with Gasteiger partial charge < -0.3 is 4.90 Å². The molecule has 1 N–H and O–H groups in total. The van der Waals surface area contributed by atoms with Crippen LogP contribution in [0.3, 0.4) is 0 Å². The van der Waals surface area contributed by atoms with Gasteiger partial charge in [-0.15, -0.1) is 0 Å². The molecule has 2 aliphatic rings. The Balaban J connectivity index is 1.44. The number of nitrogens with zero attached hydrogens (tertiary/aromatic N) is 1. The molecule has 5 nitrogen and oxygen atoms in total. The largest absolute Gasteiger partial charge is 0.342 e. The number of carbonyl (C=O) groups is 1. The van der Waals surface area contributed by atoms with E-state index in [4.69, 9.17) is 0 Å². The fourth-order valence-electron chi connectivity index (χ4n) is 4.18. The number of sulfonamides is 1. The summed E-state index contributed by atoms with van der Waals surface area (Å²) in [5, 5.41) is 1.16. The number of aryl methyl sites for hydroxylation is 1. The van der Waals surface area contributed by atoms with Gasteiger partial charge >= 0.3 is 0 Å². The Morgan fingerprint density at radius 2 is 1.85 bits per heavy atom. The summed E-state index contributed by atoms with van der Waals surface area (Å²) in [5.74, 6) is 1.49. The summed E-state index contributed by atoms with van der Waals surface area (Å²) in [6, 6.07) is 7.63. The lowest BCUT2D eigenvalue weighted by Crippen LogP contribution is -2.45. The van der Waals surface area contributed by atoms with Crippen LogP contribution < -0.4 is 4.72 Å². The minimum atomic E-state index is -3.54. The lowest BCUT2D eigenvalue weighted by Gasteiger charge is -2.41. The highest BCUT2D eigenvalue weighted by molar-refractivity contribution is 7.92. The molecule has 0 unspecified atom stereocenters. The van der Waals surface area contributed by atoms with Crippen molar-refractivity contribution < 1.29 is 13.2 Å². The van der Waals surface area contributed by atoms with Gasteiger partial charge in [0.05, 0.1) is 0 Å². The lowest BCUT2D eigenvalue weighted by molar-refractivity contribution is -0.134. The number of benzene rings is 1. The van der Waals surface area contributed by atoms with Gasteiger partial charge in [-0.25, -0.2) is 13.1 Å². The summed E-state index contributed by atoms with van der Waals surface area (Å²) in [6.45, 7) is 3.80. The zero-order valence-electron chi connectivity index (χ0n) is 16.1. The molecule has 0 spiro atoms. The molecular formula is C21H30N2O3S. The average molecular weight is 391 g/mol. The van der Waals surface area contributed by atoms with Gasteiger partial charge in [-0.1, -0.05) is 49.1 Å². The van der Waals surface area contributed by atoms with E-state index < -0.39 is 10.0 Å². The van der Waals surface area contributed by atoms with Crippen molar-refractivity contribution in [3.63, 3.8) is 0 Å². The van der Waals surface area contributed by atoms with Crippen molar-refractivity contribution in [3.8, 4) is 0 Å². The summed E-state index contributed by atoms with van der Waals surface area (Å²) in [6.07, 6.45) is 8.02. The molecular weight excluding hydrogens is 360 g/mol. The predicted molar refractivity (Wildman–Crippen MR) is 108 cm³/mol. The molecule has 1 amide bonds. The van der Waals surface area contributed by atoms with E-state index in [-0.39, 0.29) is 18.9 Å². The first kappa shape index (κ1) is 20.1. The van der Waals surface area contributed by atoms with E-state index >= 15 is 0 Å². The Hall–Kier alpha value is -1.66. The SMILES string of the molecule is Cc1ccc(/C=C/S(=O)(=O)NCCC(=O)N2CC[C@H]3CCCC[C@H]3C2)cc1. The molecule has 1 saturated carbocycles. The molecule has 1 saturated heterocycles. The van der Waals surface area contributed by atoms with E-state index in [0.717, 1.165) is 42.0 Å². The van der Waals surface area contributed by atoms with Crippen molar-refractivity contribution in [1.82, 2.24) is 9.62 Å². The van der Waals surface area contributed by atoms with Crippen LogP contribution in [0.4, 0.5) is 0 Å². The van der Waals surface area contributed by atoms with Crippen LogP contribution in [0.2, 0.25) is 0 Å². The maximum absolute atomic E-state index is 12.4. The van der Waals surface area contributed by atoms with Crippen LogP contribution in [0, 0.1) is 18.8 Å². The van der Waals surface area contributed by atoms with Crippen molar-refractivity contribution in [2.24, 2.45) is 11.8 Å².